The minimum absolute atomic E-state index is 0.152. The first-order valence-electron chi connectivity index (χ1n) is 5.75. The molecule has 0 aliphatic carbocycles. The van der Waals surface area contributed by atoms with Gasteiger partial charge in [-0.1, -0.05) is 0 Å². The molecule has 0 fully saturated rings. The molecule has 0 aliphatic heterocycles. The summed E-state index contributed by atoms with van der Waals surface area (Å²) in [6.45, 7) is 0.152. The van der Waals surface area contributed by atoms with Crippen LogP contribution in [0.1, 0.15) is 0 Å². The lowest BCUT2D eigenvalue weighted by Crippen LogP contribution is -2.40. The van der Waals surface area contributed by atoms with Crippen LogP contribution in [0.5, 0.6) is 17.2 Å². The lowest BCUT2D eigenvalue weighted by Gasteiger charge is -2.15. The molecule has 6 nitrogen and oxygen atoms in total. The number of hydrogen-bond acceptors (Lipinski definition) is 6. The van der Waals surface area contributed by atoms with E-state index in [9.17, 15) is 4.79 Å². The van der Waals surface area contributed by atoms with Gasteiger partial charge < -0.3 is 24.3 Å². The molecule has 0 saturated carbocycles. The van der Waals surface area contributed by atoms with Gasteiger partial charge in [-0.3, -0.25) is 4.79 Å². The van der Waals surface area contributed by atoms with Gasteiger partial charge in [0.25, 0.3) is 0 Å². The number of benzene rings is 1. The van der Waals surface area contributed by atoms with Crippen molar-refractivity contribution in [2.24, 2.45) is 0 Å². The van der Waals surface area contributed by atoms with Crippen LogP contribution in [0, 0.1) is 0 Å². The SMILES string of the molecule is CNC(COc1cc(OC)cc(OC)c1)C(=O)OC. The van der Waals surface area contributed by atoms with Gasteiger partial charge in [0, 0.05) is 18.2 Å². The smallest absolute Gasteiger partial charge is 0.326 e. The predicted molar refractivity (Wildman–Crippen MR) is 69.9 cm³/mol. The van der Waals surface area contributed by atoms with Crippen molar-refractivity contribution in [3.05, 3.63) is 18.2 Å². The first-order chi connectivity index (χ1) is 9.14. The Bertz CT molecular complexity index is 399. The van der Waals surface area contributed by atoms with Crippen LogP contribution < -0.4 is 19.5 Å². The second-order valence-corrected chi connectivity index (χ2v) is 3.72. The highest BCUT2D eigenvalue weighted by molar-refractivity contribution is 5.75. The Morgan fingerprint density at radius 2 is 1.63 bits per heavy atom. The van der Waals surface area contributed by atoms with E-state index in [1.807, 2.05) is 0 Å². The van der Waals surface area contributed by atoms with Gasteiger partial charge in [0.2, 0.25) is 0 Å². The van der Waals surface area contributed by atoms with E-state index in [0.29, 0.717) is 17.2 Å². The van der Waals surface area contributed by atoms with Gasteiger partial charge in [0.1, 0.15) is 29.9 Å². The number of hydrogen-bond donors (Lipinski definition) is 1. The predicted octanol–water partition coefficient (Wildman–Crippen LogP) is 0.844. The van der Waals surface area contributed by atoms with Crippen molar-refractivity contribution < 1.29 is 23.7 Å². The molecule has 1 unspecified atom stereocenters. The molecular formula is C13H19NO5. The summed E-state index contributed by atoms with van der Waals surface area (Å²) in [4.78, 5) is 11.4. The van der Waals surface area contributed by atoms with Crippen molar-refractivity contribution >= 4 is 5.97 Å². The summed E-state index contributed by atoms with van der Waals surface area (Å²) < 4.78 is 20.5. The van der Waals surface area contributed by atoms with E-state index >= 15 is 0 Å². The van der Waals surface area contributed by atoms with Gasteiger partial charge in [0.15, 0.2) is 0 Å². The molecule has 1 aromatic rings. The van der Waals surface area contributed by atoms with Crippen LogP contribution in [0.3, 0.4) is 0 Å². The maximum atomic E-state index is 11.4. The van der Waals surface area contributed by atoms with E-state index in [0.717, 1.165) is 0 Å². The molecule has 0 heterocycles. The highest BCUT2D eigenvalue weighted by Gasteiger charge is 2.17. The molecule has 1 N–H and O–H groups in total. The lowest BCUT2D eigenvalue weighted by atomic mass is 10.3. The molecule has 1 aromatic carbocycles. The quantitative estimate of drug-likeness (QED) is 0.740. The average molecular weight is 269 g/mol. The molecular weight excluding hydrogens is 250 g/mol. The number of methoxy groups -OCH3 is 3. The van der Waals surface area contributed by atoms with Crippen molar-refractivity contribution in [2.75, 3.05) is 35.0 Å². The van der Waals surface area contributed by atoms with Crippen molar-refractivity contribution in [3.8, 4) is 17.2 Å². The molecule has 1 atom stereocenters. The van der Waals surface area contributed by atoms with Crippen molar-refractivity contribution in [1.29, 1.82) is 0 Å². The van der Waals surface area contributed by atoms with Gasteiger partial charge in [-0.15, -0.1) is 0 Å². The Labute approximate surface area is 112 Å². The maximum absolute atomic E-state index is 11.4. The zero-order valence-corrected chi connectivity index (χ0v) is 11.6. The maximum Gasteiger partial charge on any atom is 0.326 e. The third-order valence-electron chi connectivity index (χ3n) is 2.58. The zero-order valence-electron chi connectivity index (χ0n) is 11.6. The highest BCUT2D eigenvalue weighted by Crippen LogP contribution is 2.27. The Morgan fingerprint density at radius 3 is 2.05 bits per heavy atom. The topological polar surface area (TPSA) is 66.0 Å². The fourth-order valence-corrected chi connectivity index (χ4v) is 1.46. The van der Waals surface area contributed by atoms with Gasteiger partial charge >= 0.3 is 5.97 Å². The van der Waals surface area contributed by atoms with Crippen LogP contribution in [0.25, 0.3) is 0 Å². The molecule has 0 radical (unpaired) electrons. The fraction of sp³-hybridized carbons (Fsp3) is 0.462. The first kappa shape index (κ1) is 15.1. The number of rotatable bonds is 7. The summed E-state index contributed by atoms with van der Waals surface area (Å²) in [7, 11) is 6.12. The number of nitrogens with one attached hydrogen (secondary N) is 1. The molecule has 19 heavy (non-hydrogen) atoms. The Morgan fingerprint density at radius 1 is 1.11 bits per heavy atom. The van der Waals surface area contributed by atoms with Crippen molar-refractivity contribution in [2.45, 2.75) is 6.04 Å². The molecule has 0 spiro atoms. The third-order valence-corrected chi connectivity index (χ3v) is 2.58. The Hall–Kier alpha value is -1.95. The van der Waals surface area contributed by atoms with E-state index in [2.05, 4.69) is 10.1 Å². The second kappa shape index (κ2) is 7.48. The minimum atomic E-state index is -0.526. The van der Waals surface area contributed by atoms with Crippen molar-refractivity contribution in [1.82, 2.24) is 5.32 Å². The summed E-state index contributed by atoms with van der Waals surface area (Å²) in [5.41, 5.74) is 0. The molecule has 0 bridgehead atoms. The molecule has 0 aliphatic rings. The van der Waals surface area contributed by atoms with E-state index in [1.165, 1.54) is 7.11 Å². The summed E-state index contributed by atoms with van der Waals surface area (Å²) in [6, 6.07) is 4.64. The standard InChI is InChI=1S/C13H19NO5/c1-14-12(13(15)18-4)8-19-11-6-9(16-2)5-10(7-11)17-3/h5-7,12,14H,8H2,1-4H3. The van der Waals surface area contributed by atoms with Crippen molar-refractivity contribution in [3.63, 3.8) is 0 Å². The number of esters is 1. The average Bonchev–Trinajstić information content (AvgIpc) is 2.46. The van der Waals surface area contributed by atoms with Crippen LogP contribution in [0.15, 0.2) is 18.2 Å². The molecule has 1 rings (SSSR count). The summed E-state index contributed by atoms with van der Waals surface area (Å²) in [5, 5.41) is 2.82. The van der Waals surface area contributed by atoms with Gasteiger partial charge in [-0.25, -0.2) is 0 Å². The first-order valence-corrected chi connectivity index (χ1v) is 5.75. The summed E-state index contributed by atoms with van der Waals surface area (Å²) in [6.07, 6.45) is 0. The van der Waals surface area contributed by atoms with Gasteiger partial charge in [-0.2, -0.15) is 0 Å². The van der Waals surface area contributed by atoms with E-state index < -0.39 is 6.04 Å². The number of carbonyl (C=O) groups is 1. The molecule has 0 aromatic heterocycles. The Balaban J connectivity index is 2.73. The van der Waals surface area contributed by atoms with E-state index in [1.54, 1.807) is 39.5 Å². The number of ether oxygens (including phenoxy) is 4. The van der Waals surface area contributed by atoms with Crippen LogP contribution in [0.2, 0.25) is 0 Å². The minimum Gasteiger partial charge on any atom is -0.496 e. The largest absolute Gasteiger partial charge is 0.496 e. The van der Waals surface area contributed by atoms with Gasteiger partial charge in [-0.05, 0) is 7.05 Å². The molecule has 0 amide bonds. The summed E-state index contributed by atoms with van der Waals surface area (Å²) in [5.74, 6) is 1.42. The summed E-state index contributed by atoms with van der Waals surface area (Å²) >= 11 is 0. The number of likely N-dealkylation sites (N-methyl/N-ethyl adjacent to an activating group) is 1. The van der Waals surface area contributed by atoms with E-state index in [-0.39, 0.29) is 12.6 Å². The molecule has 0 saturated heterocycles. The zero-order chi connectivity index (χ0) is 14.3. The van der Waals surface area contributed by atoms with Crippen LogP contribution in [0.4, 0.5) is 0 Å². The molecule has 106 valence electrons. The molecule has 6 heteroatoms. The number of carbonyl (C=O) groups excluding carboxylic acids is 1. The second-order valence-electron chi connectivity index (χ2n) is 3.72. The highest BCUT2D eigenvalue weighted by atomic mass is 16.5. The fourth-order valence-electron chi connectivity index (χ4n) is 1.46. The van der Waals surface area contributed by atoms with Crippen LogP contribution in [-0.2, 0) is 9.53 Å². The lowest BCUT2D eigenvalue weighted by molar-refractivity contribution is -0.143. The normalized spacial score (nSPS) is 11.6. The third kappa shape index (κ3) is 4.33. The van der Waals surface area contributed by atoms with Crippen LogP contribution >= 0.6 is 0 Å². The Kier molecular flexibility index (Phi) is 5.95. The monoisotopic (exact) mass is 269 g/mol. The van der Waals surface area contributed by atoms with E-state index in [4.69, 9.17) is 14.2 Å². The van der Waals surface area contributed by atoms with Crippen LogP contribution in [-0.4, -0.2) is 47.0 Å². The van der Waals surface area contributed by atoms with Gasteiger partial charge in [0.05, 0.1) is 21.3 Å².